The number of carbonyl (C=O) groups excluding carboxylic acids is 1. The van der Waals surface area contributed by atoms with Crippen LogP contribution >= 0.6 is 0 Å². The molecule has 0 spiro atoms. The molecular weight excluding hydrogens is 294 g/mol. The molecule has 0 aliphatic carbocycles. The zero-order valence-corrected chi connectivity index (χ0v) is 13.0. The maximum absolute atomic E-state index is 12.0. The van der Waals surface area contributed by atoms with Crippen molar-refractivity contribution in [2.24, 2.45) is 0 Å². The third-order valence-electron chi connectivity index (χ3n) is 3.75. The normalized spacial score (nSPS) is 12.0. The van der Waals surface area contributed by atoms with Gasteiger partial charge in [-0.2, -0.15) is 0 Å². The lowest BCUT2D eigenvalue weighted by atomic mass is 10.1. The third kappa shape index (κ3) is 3.74. The molecule has 2 aromatic rings. The molecule has 1 amide bonds. The second-order valence-electron chi connectivity index (χ2n) is 5.28. The minimum atomic E-state index is 0.00794. The number of ether oxygens (including phenoxy) is 3. The van der Waals surface area contributed by atoms with E-state index in [9.17, 15) is 4.79 Å². The topological polar surface area (TPSA) is 56.8 Å². The average Bonchev–Trinajstić information content (AvgIpc) is 3.06. The van der Waals surface area contributed by atoms with E-state index in [0.29, 0.717) is 19.4 Å². The van der Waals surface area contributed by atoms with Crippen molar-refractivity contribution in [2.75, 3.05) is 13.9 Å². The highest BCUT2D eigenvalue weighted by Crippen LogP contribution is 2.32. The molecule has 3 rings (SSSR count). The van der Waals surface area contributed by atoms with Crippen LogP contribution in [0.3, 0.4) is 0 Å². The summed E-state index contributed by atoms with van der Waals surface area (Å²) in [6.45, 7) is 0.724. The number of aryl methyl sites for hydroxylation is 1. The van der Waals surface area contributed by atoms with Crippen LogP contribution in [0.2, 0.25) is 0 Å². The van der Waals surface area contributed by atoms with Gasteiger partial charge in [0.25, 0.3) is 0 Å². The third-order valence-corrected chi connectivity index (χ3v) is 3.75. The lowest BCUT2D eigenvalue weighted by Crippen LogP contribution is -2.23. The highest BCUT2D eigenvalue weighted by molar-refractivity contribution is 5.76. The molecule has 2 aromatic carbocycles. The summed E-state index contributed by atoms with van der Waals surface area (Å²) in [5.41, 5.74) is 2.02. The van der Waals surface area contributed by atoms with Crippen molar-refractivity contribution in [1.29, 1.82) is 0 Å². The molecule has 1 heterocycles. The molecule has 0 saturated heterocycles. The van der Waals surface area contributed by atoms with Gasteiger partial charge in [0.15, 0.2) is 11.5 Å². The molecule has 1 aliphatic rings. The van der Waals surface area contributed by atoms with Gasteiger partial charge < -0.3 is 19.5 Å². The highest BCUT2D eigenvalue weighted by atomic mass is 16.7. The molecule has 5 heteroatoms. The molecule has 5 nitrogen and oxygen atoms in total. The van der Waals surface area contributed by atoms with Crippen molar-refractivity contribution in [3.05, 3.63) is 53.6 Å². The van der Waals surface area contributed by atoms with E-state index >= 15 is 0 Å². The molecule has 0 radical (unpaired) electrons. The van der Waals surface area contributed by atoms with Crippen LogP contribution in [0, 0.1) is 0 Å². The fourth-order valence-electron chi connectivity index (χ4n) is 2.49. The van der Waals surface area contributed by atoms with Gasteiger partial charge in [-0.05, 0) is 30.2 Å². The van der Waals surface area contributed by atoms with E-state index in [2.05, 4.69) is 5.32 Å². The Balaban J connectivity index is 1.50. The number of nitrogens with one attached hydrogen (secondary N) is 1. The molecule has 120 valence electrons. The van der Waals surface area contributed by atoms with E-state index in [1.807, 2.05) is 42.5 Å². The molecular formula is C18H19NO4. The van der Waals surface area contributed by atoms with E-state index in [-0.39, 0.29) is 12.7 Å². The second-order valence-corrected chi connectivity index (χ2v) is 5.28. The fraction of sp³-hybridized carbons (Fsp3) is 0.278. The first-order chi connectivity index (χ1) is 11.3. The molecule has 0 bridgehead atoms. The van der Waals surface area contributed by atoms with Crippen LogP contribution in [0.25, 0.3) is 0 Å². The number of methoxy groups -OCH3 is 1. The number of hydrogen-bond donors (Lipinski definition) is 1. The summed E-state index contributed by atoms with van der Waals surface area (Å²) in [6.07, 6.45) is 1.09. The lowest BCUT2D eigenvalue weighted by molar-refractivity contribution is -0.121. The molecule has 0 fully saturated rings. The van der Waals surface area contributed by atoms with Crippen molar-refractivity contribution in [2.45, 2.75) is 19.4 Å². The minimum absolute atomic E-state index is 0.00794. The van der Waals surface area contributed by atoms with Crippen LogP contribution in [-0.4, -0.2) is 19.8 Å². The van der Waals surface area contributed by atoms with E-state index in [1.54, 1.807) is 7.11 Å². The molecule has 0 atom stereocenters. The minimum Gasteiger partial charge on any atom is -0.496 e. The van der Waals surface area contributed by atoms with E-state index in [1.165, 1.54) is 0 Å². The standard InChI is InChI=1S/C18H19NO4/c1-21-15-5-3-2-4-14(15)11-19-18(20)9-7-13-6-8-16-17(10-13)23-12-22-16/h2-6,8,10H,7,9,11-12H2,1H3,(H,19,20). The molecule has 23 heavy (non-hydrogen) atoms. The zero-order chi connectivity index (χ0) is 16.1. The van der Waals surface area contributed by atoms with Crippen LogP contribution in [0.1, 0.15) is 17.5 Å². The van der Waals surface area contributed by atoms with Gasteiger partial charge in [0.2, 0.25) is 12.7 Å². The van der Waals surface area contributed by atoms with E-state index in [4.69, 9.17) is 14.2 Å². The predicted octanol–water partition coefficient (Wildman–Crippen LogP) is 2.67. The summed E-state index contributed by atoms with van der Waals surface area (Å²) >= 11 is 0. The molecule has 0 saturated carbocycles. The summed E-state index contributed by atoms with van der Waals surface area (Å²) < 4.78 is 15.9. The summed E-state index contributed by atoms with van der Waals surface area (Å²) in [5.74, 6) is 2.29. The van der Waals surface area contributed by atoms with Gasteiger partial charge in [0.05, 0.1) is 7.11 Å². The lowest BCUT2D eigenvalue weighted by Gasteiger charge is -2.09. The Bertz CT molecular complexity index is 699. The van der Waals surface area contributed by atoms with Gasteiger partial charge in [0.1, 0.15) is 5.75 Å². The number of carbonyl (C=O) groups is 1. The van der Waals surface area contributed by atoms with Crippen molar-refractivity contribution in [1.82, 2.24) is 5.32 Å². The maximum atomic E-state index is 12.0. The number of rotatable bonds is 6. The Morgan fingerprint density at radius 1 is 1.17 bits per heavy atom. The summed E-state index contributed by atoms with van der Waals surface area (Å²) in [6, 6.07) is 13.4. The van der Waals surface area contributed by atoms with Gasteiger partial charge in [-0.15, -0.1) is 0 Å². The Morgan fingerprint density at radius 3 is 2.87 bits per heavy atom. The molecule has 0 unspecified atom stereocenters. The fourth-order valence-corrected chi connectivity index (χ4v) is 2.49. The molecule has 1 aliphatic heterocycles. The number of hydrogen-bond acceptors (Lipinski definition) is 4. The number of fused-ring (bicyclic) bond motifs is 1. The van der Waals surface area contributed by atoms with Gasteiger partial charge in [-0.3, -0.25) is 4.79 Å². The van der Waals surface area contributed by atoms with Crippen LogP contribution in [0.4, 0.5) is 0 Å². The quantitative estimate of drug-likeness (QED) is 0.891. The number of amides is 1. The Morgan fingerprint density at radius 2 is 2.00 bits per heavy atom. The first kappa shape index (κ1) is 15.2. The number of para-hydroxylation sites is 1. The zero-order valence-electron chi connectivity index (χ0n) is 13.0. The maximum Gasteiger partial charge on any atom is 0.231 e. The average molecular weight is 313 g/mol. The van der Waals surface area contributed by atoms with Crippen LogP contribution in [0.5, 0.6) is 17.2 Å². The predicted molar refractivity (Wildman–Crippen MR) is 85.7 cm³/mol. The van der Waals surface area contributed by atoms with E-state index < -0.39 is 0 Å². The summed E-state index contributed by atoms with van der Waals surface area (Å²) in [7, 11) is 1.63. The summed E-state index contributed by atoms with van der Waals surface area (Å²) in [4.78, 5) is 12.0. The Labute approximate surface area is 135 Å². The Kier molecular flexibility index (Phi) is 4.66. The number of benzene rings is 2. The monoisotopic (exact) mass is 313 g/mol. The van der Waals surface area contributed by atoms with Crippen molar-refractivity contribution in [3.63, 3.8) is 0 Å². The van der Waals surface area contributed by atoms with Crippen LogP contribution in [0.15, 0.2) is 42.5 Å². The smallest absolute Gasteiger partial charge is 0.231 e. The highest BCUT2D eigenvalue weighted by Gasteiger charge is 2.13. The van der Waals surface area contributed by atoms with Gasteiger partial charge >= 0.3 is 0 Å². The first-order valence-electron chi connectivity index (χ1n) is 7.53. The van der Waals surface area contributed by atoms with Crippen molar-refractivity contribution in [3.8, 4) is 17.2 Å². The second kappa shape index (κ2) is 7.05. The SMILES string of the molecule is COc1ccccc1CNC(=O)CCc1ccc2c(c1)OCO2. The molecule has 1 N–H and O–H groups in total. The van der Waals surface area contributed by atoms with Crippen LogP contribution < -0.4 is 19.5 Å². The van der Waals surface area contributed by atoms with Crippen molar-refractivity contribution >= 4 is 5.91 Å². The van der Waals surface area contributed by atoms with Crippen molar-refractivity contribution < 1.29 is 19.0 Å². The first-order valence-corrected chi connectivity index (χ1v) is 7.53. The van der Waals surface area contributed by atoms with Gasteiger partial charge in [0, 0.05) is 18.5 Å². The van der Waals surface area contributed by atoms with Crippen LogP contribution in [-0.2, 0) is 17.8 Å². The van der Waals surface area contributed by atoms with Gasteiger partial charge in [-0.1, -0.05) is 24.3 Å². The largest absolute Gasteiger partial charge is 0.496 e. The van der Waals surface area contributed by atoms with Gasteiger partial charge in [-0.25, -0.2) is 0 Å². The Hall–Kier alpha value is -2.69. The summed E-state index contributed by atoms with van der Waals surface area (Å²) in [5, 5.41) is 2.92. The molecule has 0 aromatic heterocycles. The van der Waals surface area contributed by atoms with E-state index in [0.717, 1.165) is 28.4 Å².